The molecule has 0 saturated carbocycles. The first kappa shape index (κ1) is 12.4. The van der Waals surface area contributed by atoms with Gasteiger partial charge in [-0.25, -0.2) is 19.2 Å². The fourth-order valence-electron chi connectivity index (χ4n) is 1.41. The largest absolute Gasteiger partial charge is 0.478 e. The van der Waals surface area contributed by atoms with Crippen LogP contribution in [0.3, 0.4) is 0 Å². The zero-order valence-corrected chi connectivity index (χ0v) is 10.1. The number of halogens is 1. The van der Waals surface area contributed by atoms with Crippen molar-refractivity contribution in [2.45, 2.75) is 6.42 Å². The molecule has 0 radical (unpaired) electrons. The minimum absolute atomic E-state index is 0.166. The van der Waals surface area contributed by atoms with E-state index in [1.807, 2.05) is 5.38 Å². The van der Waals surface area contributed by atoms with E-state index in [9.17, 15) is 9.18 Å². The Labute approximate surface area is 106 Å². The molecule has 2 aromatic rings. The maximum absolute atomic E-state index is 12.9. The van der Waals surface area contributed by atoms with Crippen LogP contribution in [0.4, 0.5) is 10.2 Å². The van der Waals surface area contributed by atoms with Crippen molar-refractivity contribution < 1.29 is 14.3 Å². The van der Waals surface area contributed by atoms with Crippen molar-refractivity contribution in [3.8, 4) is 0 Å². The van der Waals surface area contributed by atoms with Crippen LogP contribution in [0.5, 0.6) is 0 Å². The van der Waals surface area contributed by atoms with Gasteiger partial charge in [0.25, 0.3) is 0 Å². The van der Waals surface area contributed by atoms with Gasteiger partial charge < -0.3 is 10.4 Å². The second kappa shape index (κ2) is 5.54. The Bertz CT molecular complexity index is 545. The van der Waals surface area contributed by atoms with Crippen LogP contribution in [0, 0.1) is 5.82 Å². The van der Waals surface area contributed by atoms with Crippen LogP contribution in [0.15, 0.2) is 23.2 Å². The average molecular weight is 267 g/mol. The van der Waals surface area contributed by atoms with E-state index in [1.54, 1.807) is 5.51 Å². The zero-order chi connectivity index (χ0) is 13.0. The third-order valence-corrected chi connectivity index (χ3v) is 2.88. The van der Waals surface area contributed by atoms with Gasteiger partial charge in [-0.2, -0.15) is 0 Å². The summed E-state index contributed by atoms with van der Waals surface area (Å²) < 4.78 is 12.9. The summed E-state index contributed by atoms with van der Waals surface area (Å²) in [6, 6.07) is 0.945. The highest BCUT2D eigenvalue weighted by Gasteiger charge is 2.12. The van der Waals surface area contributed by atoms with E-state index in [-0.39, 0.29) is 11.4 Å². The highest BCUT2D eigenvalue weighted by molar-refractivity contribution is 7.07. The van der Waals surface area contributed by atoms with E-state index in [0.29, 0.717) is 13.0 Å². The van der Waals surface area contributed by atoms with E-state index in [2.05, 4.69) is 15.3 Å². The monoisotopic (exact) mass is 267 g/mol. The fraction of sp³-hybridized carbons (Fsp3) is 0.182. The van der Waals surface area contributed by atoms with Gasteiger partial charge in [-0.3, -0.25) is 0 Å². The van der Waals surface area contributed by atoms with Crippen LogP contribution >= 0.6 is 11.3 Å². The van der Waals surface area contributed by atoms with Gasteiger partial charge in [-0.15, -0.1) is 11.3 Å². The molecule has 2 heterocycles. The molecule has 5 nitrogen and oxygen atoms in total. The number of carbonyl (C=O) groups is 1. The first-order valence-corrected chi connectivity index (χ1v) is 6.11. The lowest BCUT2D eigenvalue weighted by Gasteiger charge is -2.07. The molecule has 0 bridgehead atoms. The minimum atomic E-state index is -1.21. The number of carboxylic acids is 1. The number of rotatable bonds is 5. The van der Waals surface area contributed by atoms with Crippen molar-refractivity contribution in [2.24, 2.45) is 0 Å². The number of carboxylic acid groups (broad SMARTS) is 1. The minimum Gasteiger partial charge on any atom is -0.478 e. The van der Waals surface area contributed by atoms with E-state index >= 15 is 0 Å². The van der Waals surface area contributed by atoms with Crippen LogP contribution in [-0.4, -0.2) is 27.6 Å². The maximum Gasteiger partial charge on any atom is 0.339 e. The van der Waals surface area contributed by atoms with Gasteiger partial charge in [-0.05, 0) is 6.07 Å². The van der Waals surface area contributed by atoms with Crippen LogP contribution in [0.2, 0.25) is 0 Å². The lowest BCUT2D eigenvalue weighted by atomic mass is 10.2. The SMILES string of the molecule is O=C(O)c1cc(F)cnc1NCCc1cscn1. The Morgan fingerprint density at radius 2 is 2.33 bits per heavy atom. The van der Waals surface area contributed by atoms with E-state index < -0.39 is 11.8 Å². The van der Waals surface area contributed by atoms with Crippen LogP contribution in [-0.2, 0) is 6.42 Å². The Hall–Kier alpha value is -2.02. The Morgan fingerprint density at radius 1 is 1.50 bits per heavy atom. The van der Waals surface area contributed by atoms with Crippen molar-refractivity contribution in [2.75, 3.05) is 11.9 Å². The van der Waals surface area contributed by atoms with Gasteiger partial charge in [0, 0.05) is 18.3 Å². The number of pyridine rings is 1. The molecule has 2 rings (SSSR count). The molecule has 0 aromatic carbocycles. The van der Waals surface area contributed by atoms with E-state index in [4.69, 9.17) is 5.11 Å². The first-order valence-electron chi connectivity index (χ1n) is 5.16. The molecular weight excluding hydrogens is 257 g/mol. The quantitative estimate of drug-likeness (QED) is 0.867. The van der Waals surface area contributed by atoms with Gasteiger partial charge in [0.05, 0.1) is 17.4 Å². The maximum atomic E-state index is 12.9. The molecule has 0 aliphatic carbocycles. The number of thiazole rings is 1. The smallest absolute Gasteiger partial charge is 0.339 e. The molecule has 2 N–H and O–H groups in total. The summed E-state index contributed by atoms with van der Waals surface area (Å²) in [4.78, 5) is 18.7. The number of aromatic nitrogens is 2. The number of nitrogens with zero attached hydrogens (tertiary/aromatic N) is 2. The highest BCUT2D eigenvalue weighted by atomic mass is 32.1. The number of hydrogen-bond acceptors (Lipinski definition) is 5. The number of anilines is 1. The van der Waals surface area contributed by atoms with Gasteiger partial charge in [0.15, 0.2) is 0 Å². The molecule has 94 valence electrons. The predicted molar refractivity (Wildman–Crippen MR) is 65.5 cm³/mol. The molecule has 0 amide bonds. The van der Waals surface area contributed by atoms with Crippen LogP contribution in [0.1, 0.15) is 16.1 Å². The second-order valence-electron chi connectivity index (χ2n) is 3.51. The fourth-order valence-corrected chi connectivity index (χ4v) is 2.01. The van der Waals surface area contributed by atoms with Gasteiger partial charge in [0.2, 0.25) is 0 Å². The molecule has 0 aliphatic heterocycles. The summed E-state index contributed by atoms with van der Waals surface area (Å²) in [6.45, 7) is 0.489. The molecule has 0 spiro atoms. The second-order valence-corrected chi connectivity index (χ2v) is 4.23. The van der Waals surface area contributed by atoms with Crippen molar-refractivity contribution in [1.82, 2.24) is 9.97 Å². The topological polar surface area (TPSA) is 75.1 Å². The molecule has 0 atom stereocenters. The molecule has 0 saturated heterocycles. The van der Waals surface area contributed by atoms with Crippen molar-refractivity contribution in [1.29, 1.82) is 0 Å². The Kier molecular flexibility index (Phi) is 3.83. The highest BCUT2D eigenvalue weighted by Crippen LogP contribution is 2.13. The van der Waals surface area contributed by atoms with Gasteiger partial charge in [0.1, 0.15) is 17.2 Å². The first-order chi connectivity index (χ1) is 8.66. The number of hydrogen-bond donors (Lipinski definition) is 2. The average Bonchev–Trinajstić information content (AvgIpc) is 2.84. The summed E-state index contributed by atoms with van der Waals surface area (Å²) >= 11 is 1.50. The zero-order valence-electron chi connectivity index (χ0n) is 9.26. The van der Waals surface area contributed by atoms with Gasteiger partial charge >= 0.3 is 5.97 Å². The summed E-state index contributed by atoms with van der Waals surface area (Å²) in [7, 11) is 0. The summed E-state index contributed by atoms with van der Waals surface area (Å²) in [5.41, 5.74) is 2.48. The van der Waals surface area contributed by atoms with Crippen molar-refractivity contribution >= 4 is 23.1 Å². The molecule has 0 unspecified atom stereocenters. The molecule has 0 aliphatic rings. The third-order valence-electron chi connectivity index (χ3n) is 2.24. The molecule has 7 heteroatoms. The number of aromatic carboxylic acids is 1. The third kappa shape index (κ3) is 3.01. The molecular formula is C11H10FN3O2S. The van der Waals surface area contributed by atoms with E-state index in [0.717, 1.165) is 18.0 Å². The van der Waals surface area contributed by atoms with Crippen molar-refractivity contribution in [3.63, 3.8) is 0 Å². The molecule has 0 fully saturated rings. The summed E-state index contributed by atoms with van der Waals surface area (Å²) in [5.74, 6) is -1.71. The summed E-state index contributed by atoms with van der Waals surface area (Å²) in [5, 5.41) is 13.7. The Balaban J connectivity index is 2.02. The number of nitrogens with one attached hydrogen (secondary N) is 1. The summed E-state index contributed by atoms with van der Waals surface area (Å²) in [6.07, 6.45) is 1.64. The van der Waals surface area contributed by atoms with E-state index in [1.165, 1.54) is 11.3 Å². The predicted octanol–water partition coefficient (Wildman–Crippen LogP) is 2.03. The van der Waals surface area contributed by atoms with Gasteiger partial charge in [-0.1, -0.05) is 0 Å². The van der Waals surface area contributed by atoms with Crippen molar-refractivity contribution in [3.05, 3.63) is 40.2 Å². The normalized spacial score (nSPS) is 10.3. The standard InChI is InChI=1S/C11H10FN3O2S/c12-7-3-9(11(16)17)10(14-4-7)13-2-1-8-5-18-6-15-8/h3-6H,1-2H2,(H,13,14)(H,16,17). The Morgan fingerprint density at radius 3 is 3.00 bits per heavy atom. The molecule has 18 heavy (non-hydrogen) atoms. The van der Waals surface area contributed by atoms with Crippen LogP contribution < -0.4 is 5.32 Å². The lowest BCUT2D eigenvalue weighted by molar-refractivity contribution is 0.0697. The lowest BCUT2D eigenvalue weighted by Crippen LogP contribution is -2.11. The van der Waals surface area contributed by atoms with Crippen LogP contribution in [0.25, 0.3) is 0 Å². The molecule has 2 aromatic heterocycles.